The molecule has 0 aliphatic carbocycles. The van der Waals surface area contributed by atoms with Crippen molar-refractivity contribution in [1.29, 1.82) is 0 Å². The second kappa shape index (κ2) is 5.93. The number of carbonyl (C=O) groups excluding carboxylic acids is 1. The number of carboxylic acids is 1. The number of halogens is 2. The molecule has 0 radical (unpaired) electrons. The first-order valence-corrected chi connectivity index (χ1v) is 6.22. The third-order valence-electron chi connectivity index (χ3n) is 2.85. The molecule has 1 N–H and O–H groups in total. The number of benzene rings is 2. The average molecular weight is 309 g/mol. The van der Waals surface area contributed by atoms with Crippen molar-refractivity contribution in [2.45, 2.75) is 0 Å². The number of ether oxygens (including phenoxy) is 1. The molecule has 0 saturated heterocycles. The number of carbonyl (C=O) groups is 2. The van der Waals surface area contributed by atoms with Gasteiger partial charge in [0.25, 0.3) is 0 Å². The van der Waals surface area contributed by atoms with Crippen LogP contribution in [0.4, 0.5) is 4.39 Å². The van der Waals surface area contributed by atoms with E-state index in [1.54, 1.807) is 0 Å². The number of methoxy groups -OCH3 is 1. The van der Waals surface area contributed by atoms with Crippen LogP contribution in [-0.4, -0.2) is 24.2 Å². The zero-order chi connectivity index (χ0) is 15.6. The number of esters is 1. The van der Waals surface area contributed by atoms with Crippen LogP contribution in [0.5, 0.6) is 0 Å². The standard InChI is InChI=1S/C15H10ClFO4/c1-21-15(20)8-2-3-12(13(17)7-8)9-4-10(14(18)19)6-11(16)5-9/h2-7H,1H3,(H,18,19). The second-order valence-corrected chi connectivity index (χ2v) is 4.66. The fraction of sp³-hybridized carbons (Fsp3) is 0.0667. The molecular formula is C15H10ClFO4. The molecule has 2 aromatic carbocycles. The number of rotatable bonds is 3. The molecule has 21 heavy (non-hydrogen) atoms. The highest BCUT2D eigenvalue weighted by Gasteiger charge is 2.13. The normalized spacial score (nSPS) is 10.2. The highest BCUT2D eigenvalue weighted by atomic mass is 35.5. The average Bonchev–Trinajstić information content (AvgIpc) is 2.45. The Morgan fingerprint density at radius 3 is 2.43 bits per heavy atom. The number of hydrogen-bond acceptors (Lipinski definition) is 3. The van der Waals surface area contributed by atoms with Crippen molar-refractivity contribution in [2.75, 3.05) is 7.11 Å². The van der Waals surface area contributed by atoms with E-state index in [0.29, 0.717) is 5.56 Å². The van der Waals surface area contributed by atoms with Gasteiger partial charge < -0.3 is 9.84 Å². The van der Waals surface area contributed by atoms with Crippen LogP contribution in [0, 0.1) is 5.82 Å². The summed E-state index contributed by atoms with van der Waals surface area (Å²) in [4.78, 5) is 22.3. The molecule has 0 amide bonds. The van der Waals surface area contributed by atoms with E-state index >= 15 is 0 Å². The molecule has 0 atom stereocenters. The summed E-state index contributed by atoms with van der Waals surface area (Å²) < 4.78 is 18.6. The van der Waals surface area contributed by atoms with Gasteiger partial charge in [0.1, 0.15) is 5.82 Å². The summed E-state index contributed by atoms with van der Waals surface area (Å²) in [6.45, 7) is 0. The van der Waals surface area contributed by atoms with Gasteiger partial charge in [-0.1, -0.05) is 17.7 Å². The van der Waals surface area contributed by atoms with E-state index in [0.717, 1.165) is 6.07 Å². The summed E-state index contributed by atoms with van der Waals surface area (Å²) in [6, 6.07) is 7.83. The van der Waals surface area contributed by atoms with Crippen molar-refractivity contribution >= 4 is 23.5 Å². The van der Waals surface area contributed by atoms with E-state index in [1.807, 2.05) is 0 Å². The molecule has 0 fully saturated rings. The highest BCUT2D eigenvalue weighted by Crippen LogP contribution is 2.28. The Labute approximate surface area is 124 Å². The molecule has 0 aliphatic heterocycles. The van der Waals surface area contributed by atoms with Gasteiger partial charge in [-0.3, -0.25) is 0 Å². The Kier molecular flexibility index (Phi) is 4.23. The van der Waals surface area contributed by atoms with Crippen LogP contribution < -0.4 is 0 Å². The van der Waals surface area contributed by atoms with E-state index in [-0.39, 0.29) is 21.7 Å². The minimum Gasteiger partial charge on any atom is -0.478 e. The SMILES string of the molecule is COC(=O)c1ccc(-c2cc(Cl)cc(C(=O)O)c2)c(F)c1. The zero-order valence-electron chi connectivity index (χ0n) is 10.9. The third kappa shape index (κ3) is 3.20. The van der Waals surface area contributed by atoms with Gasteiger partial charge in [0, 0.05) is 10.6 Å². The lowest BCUT2D eigenvalue weighted by atomic mass is 10.0. The maximum Gasteiger partial charge on any atom is 0.337 e. The van der Waals surface area contributed by atoms with Crippen molar-refractivity contribution < 1.29 is 23.8 Å². The van der Waals surface area contributed by atoms with E-state index in [4.69, 9.17) is 16.7 Å². The number of hydrogen-bond donors (Lipinski definition) is 1. The maximum atomic E-state index is 14.1. The molecule has 0 spiro atoms. The number of carboxylic acid groups (broad SMARTS) is 1. The predicted octanol–water partition coefficient (Wildman–Crippen LogP) is 3.63. The molecule has 0 aromatic heterocycles. The van der Waals surface area contributed by atoms with Gasteiger partial charge in [0.2, 0.25) is 0 Å². The Morgan fingerprint density at radius 1 is 1.14 bits per heavy atom. The molecule has 108 valence electrons. The van der Waals surface area contributed by atoms with Crippen LogP contribution >= 0.6 is 11.6 Å². The van der Waals surface area contributed by atoms with E-state index < -0.39 is 17.8 Å². The minimum absolute atomic E-state index is 0.0473. The molecule has 4 nitrogen and oxygen atoms in total. The Hall–Kier alpha value is -2.40. The molecule has 0 aliphatic rings. The first-order valence-electron chi connectivity index (χ1n) is 5.84. The minimum atomic E-state index is -1.16. The first-order chi connectivity index (χ1) is 9.92. The van der Waals surface area contributed by atoms with Gasteiger partial charge in [-0.2, -0.15) is 0 Å². The first kappa shape index (κ1) is 15.0. The molecule has 6 heteroatoms. The Bertz CT molecular complexity index is 728. The van der Waals surface area contributed by atoms with E-state index in [1.165, 1.54) is 37.4 Å². The smallest absolute Gasteiger partial charge is 0.337 e. The zero-order valence-corrected chi connectivity index (χ0v) is 11.6. The van der Waals surface area contributed by atoms with Crippen molar-refractivity contribution in [3.05, 3.63) is 58.4 Å². The van der Waals surface area contributed by atoms with Crippen LogP contribution in [0.2, 0.25) is 5.02 Å². The fourth-order valence-electron chi connectivity index (χ4n) is 1.86. The topological polar surface area (TPSA) is 63.6 Å². The number of aromatic carboxylic acids is 1. The summed E-state index contributed by atoms with van der Waals surface area (Å²) >= 11 is 5.84. The molecule has 2 aromatic rings. The molecule has 0 bridgehead atoms. The van der Waals surface area contributed by atoms with Crippen LogP contribution in [-0.2, 0) is 4.74 Å². The predicted molar refractivity (Wildman–Crippen MR) is 75.1 cm³/mol. The Morgan fingerprint density at radius 2 is 1.86 bits per heavy atom. The van der Waals surface area contributed by atoms with Crippen molar-refractivity contribution in [3.63, 3.8) is 0 Å². The van der Waals surface area contributed by atoms with Crippen LogP contribution in [0.1, 0.15) is 20.7 Å². The summed E-state index contributed by atoms with van der Waals surface area (Å²) in [5.74, 6) is -2.49. The van der Waals surface area contributed by atoms with Crippen LogP contribution in [0.15, 0.2) is 36.4 Å². The van der Waals surface area contributed by atoms with Crippen molar-refractivity contribution in [1.82, 2.24) is 0 Å². The van der Waals surface area contributed by atoms with Crippen LogP contribution in [0.3, 0.4) is 0 Å². The fourth-order valence-corrected chi connectivity index (χ4v) is 2.10. The van der Waals surface area contributed by atoms with Crippen molar-refractivity contribution in [2.24, 2.45) is 0 Å². The van der Waals surface area contributed by atoms with E-state index in [2.05, 4.69) is 4.74 Å². The van der Waals surface area contributed by atoms with Gasteiger partial charge in [0.15, 0.2) is 0 Å². The van der Waals surface area contributed by atoms with Crippen molar-refractivity contribution in [3.8, 4) is 11.1 Å². The van der Waals surface area contributed by atoms with Gasteiger partial charge in [-0.15, -0.1) is 0 Å². The summed E-state index contributed by atoms with van der Waals surface area (Å²) in [7, 11) is 1.20. The summed E-state index contributed by atoms with van der Waals surface area (Å²) in [6.07, 6.45) is 0. The lowest BCUT2D eigenvalue weighted by Crippen LogP contribution is -2.02. The molecular weight excluding hydrogens is 299 g/mol. The van der Waals surface area contributed by atoms with Gasteiger partial charge in [-0.05, 0) is 35.9 Å². The lowest BCUT2D eigenvalue weighted by molar-refractivity contribution is 0.0599. The van der Waals surface area contributed by atoms with Gasteiger partial charge in [0.05, 0.1) is 18.2 Å². The van der Waals surface area contributed by atoms with Crippen LogP contribution in [0.25, 0.3) is 11.1 Å². The molecule has 2 rings (SSSR count). The maximum absolute atomic E-state index is 14.1. The Balaban J connectivity index is 2.52. The van der Waals surface area contributed by atoms with Gasteiger partial charge >= 0.3 is 11.9 Å². The van der Waals surface area contributed by atoms with Gasteiger partial charge in [-0.25, -0.2) is 14.0 Å². The van der Waals surface area contributed by atoms with E-state index in [9.17, 15) is 14.0 Å². The summed E-state index contributed by atoms with van der Waals surface area (Å²) in [5, 5.41) is 9.17. The quantitative estimate of drug-likeness (QED) is 0.879. The third-order valence-corrected chi connectivity index (χ3v) is 3.06. The summed E-state index contributed by atoms with van der Waals surface area (Å²) in [5.41, 5.74) is 0.481. The lowest BCUT2D eigenvalue weighted by Gasteiger charge is -2.07. The monoisotopic (exact) mass is 308 g/mol. The highest BCUT2D eigenvalue weighted by molar-refractivity contribution is 6.31. The molecule has 0 heterocycles. The molecule has 0 unspecified atom stereocenters. The molecule has 0 saturated carbocycles. The second-order valence-electron chi connectivity index (χ2n) is 4.22. The largest absolute Gasteiger partial charge is 0.478 e.